The van der Waals surface area contributed by atoms with Gasteiger partial charge in [-0.05, 0) is 30.4 Å². The van der Waals surface area contributed by atoms with Crippen LogP contribution in [-0.2, 0) is 4.79 Å². The van der Waals surface area contributed by atoms with Crippen molar-refractivity contribution in [2.75, 3.05) is 18.4 Å². The Morgan fingerprint density at radius 2 is 1.78 bits per heavy atom. The summed E-state index contributed by atoms with van der Waals surface area (Å²) < 4.78 is 0. The largest absolute Gasteiger partial charge is 0.368 e. The highest BCUT2D eigenvalue weighted by Gasteiger charge is 2.43. The third-order valence-corrected chi connectivity index (χ3v) is 5.00. The zero-order valence-corrected chi connectivity index (χ0v) is 14.9. The molecule has 6 nitrogen and oxygen atoms in total. The number of anilines is 1. The fraction of sp³-hybridized carbons (Fsp3) is 0.286. The van der Waals surface area contributed by atoms with Gasteiger partial charge < -0.3 is 10.6 Å². The predicted molar refractivity (Wildman–Crippen MR) is 106 cm³/mol. The number of H-pyrrole nitrogens is 1. The van der Waals surface area contributed by atoms with Crippen LogP contribution in [-0.4, -0.2) is 29.2 Å². The molecule has 1 amide bonds. The molecule has 0 spiro atoms. The second-order valence-electron chi connectivity index (χ2n) is 6.88. The first-order chi connectivity index (χ1) is 13.2. The van der Waals surface area contributed by atoms with E-state index in [2.05, 4.69) is 33.0 Å². The van der Waals surface area contributed by atoms with Crippen molar-refractivity contribution < 1.29 is 4.79 Å². The van der Waals surface area contributed by atoms with Crippen molar-refractivity contribution in [2.24, 2.45) is 5.92 Å². The lowest BCUT2D eigenvalue weighted by molar-refractivity contribution is -0.122. The lowest BCUT2D eigenvalue weighted by Gasteiger charge is -2.09. The number of carbonyl (C=O) groups excluding carboxylic acids is 1. The lowest BCUT2D eigenvalue weighted by atomic mass is 10.1. The molecule has 0 radical (unpaired) electrons. The van der Waals surface area contributed by atoms with Gasteiger partial charge in [0.1, 0.15) is 0 Å². The van der Waals surface area contributed by atoms with E-state index in [0.717, 1.165) is 18.2 Å². The number of carbonyl (C=O) groups is 1. The van der Waals surface area contributed by atoms with Gasteiger partial charge in [-0.25, -0.2) is 5.10 Å². The molecule has 3 N–H and O–H groups in total. The normalized spacial score (nSPS) is 18.2. The summed E-state index contributed by atoms with van der Waals surface area (Å²) in [5.74, 6) is 1.26. The highest BCUT2D eigenvalue weighted by molar-refractivity contribution is 5.90. The molecule has 2 atom stereocenters. The van der Waals surface area contributed by atoms with Crippen LogP contribution in [0, 0.1) is 5.92 Å². The summed E-state index contributed by atoms with van der Waals surface area (Å²) in [6, 6.07) is 17.6. The maximum Gasteiger partial charge on any atom is 0.272 e. The van der Waals surface area contributed by atoms with E-state index in [4.69, 9.17) is 0 Å². The van der Waals surface area contributed by atoms with Gasteiger partial charge in [0.15, 0.2) is 5.82 Å². The second-order valence-corrected chi connectivity index (χ2v) is 6.88. The van der Waals surface area contributed by atoms with E-state index in [-0.39, 0.29) is 17.4 Å². The number of aromatic amines is 1. The summed E-state index contributed by atoms with van der Waals surface area (Å²) in [7, 11) is 0. The van der Waals surface area contributed by atoms with E-state index >= 15 is 0 Å². The van der Waals surface area contributed by atoms with Gasteiger partial charge >= 0.3 is 0 Å². The van der Waals surface area contributed by atoms with Gasteiger partial charge in [0.05, 0.1) is 5.39 Å². The highest BCUT2D eigenvalue weighted by Crippen LogP contribution is 2.47. The van der Waals surface area contributed by atoms with E-state index in [1.165, 1.54) is 5.56 Å². The number of nitrogens with zero attached hydrogens (tertiary/aromatic N) is 1. The third kappa shape index (κ3) is 3.84. The van der Waals surface area contributed by atoms with Crippen LogP contribution < -0.4 is 16.2 Å². The minimum absolute atomic E-state index is 0.102. The Labute approximate surface area is 157 Å². The molecular weight excluding hydrogens is 340 g/mol. The second kappa shape index (κ2) is 7.61. The van der Waals surface area contributed by atoms with Crippen molar-refractivity contribution in [1.82, 2.24) is 15.5 Å². The average Bonchev–Trinajstić information content (AvgIpc) is 3.51. The minimum atomic E-state index is -0.194. The molecule has 1 aliphatic rings. The molecule has 27 heavy (non-hydrogen) atoms. The lowest BCUT2D eigenvalue weighted by Crippen LogP contribution is -2.27. The molecule has 1 fully saturated rings. The smallest absolute Gasteiger partial charge is 0.272 e. The van der Waals surface area contributed by atoms with Crippen LogP contribution in [0.3, 0.4) is 0 Å². The van der Waals surface area contributed by atoms with Crippen molar-refractivity contribution in [1.29, 1.82) is 0 Å². The van der Waals surface area contributed by atoms with Crippen LogP contribution in [0.2, 0.25) is 0 Å². The number of hydrogen-bond donors (Lipinski definition) is 3. The Balaban J connectivity index is 1.23. The summed E-state index contributed by atoms with van der Waals surface area (Å²) in [4.78, 5) is 24.0. The van der Waals surface area contributed by atoms with Gasteiger partial charge in [-0.2, -0.15) is 5.10 Å². The molecule has 0 unspecified atom stereocenters. The number of amides is 1. The van der Waals surface area contributed by atoms with Crippen molar-refractivity contribution in [2.45, 2.75) is 18.8 Å². The van der Waals surface area contributed by atoms with Crippen molar-refractivity contribution in [3.8, 4) is 0 Å². The fourth-order valence-electron chi connectivity index (χ4n) is 3.44. The summed E-state index contributed by atoms with van der Waals surface area (Å²) >= 11 is 0. The SMILES string of the molecule is O=C(NCCCNc1n[nH]c(=O)c2ccccc12)[C@@H]1C[C@@H]1c1ccccc1. The number of nitrogens with one attached hydrogen (secondary N) is 3. The Kier molecular flexibility index (Phi) is 4.87. The molecule has 4 rings (SSSR count). The molecule has 0 aliphatic heterocycles. The first-order valence-corrected chi connectivity index (χ1v) is 9.28. The van der Waals surface area contributed by atoms with E-state index in [1.807, 2.05) is 36.4 Å². The fourth-order valence-corrected chi connectivity index (χ4v) is 3.44. The summed E-state index contributed by atoms with van der Waals surface area (Å²) in [6.45, 7) is 1.28. The molecule has 3 aromatic rings. The van der Waals surface area contributed by atoms with Crippen LogP contribution in [0.5, 0.6) is 0 Å². The molecule has 1 aromatic heterocycles. The van der Waals surface area contributed by atoms with Crippen LogP contribution in [0.1, 0.15) is 24.3 Å². The van der Waals surface area contributed by atoms with E-state index in [0.29, 0.717) is 30.2 Å². The van der Waals surface area contributed by atoms with Crippen LogP contribution in [0.4, 0.5) is 5.82 Å². The molecule has 0 saturated heterocycles. The Bertz CT molecular complexity index is 1000. The summed E-state index contributed by atoms with van der Waals surface area (Å²) in [6.07, 6.45) is 1.71. The van der Waals surface area contributed by atoms with Crippen molar-refractivity contribution in [3.63, 3.8) is 0 Å². The van der Waals surface area contributed by atoms with Gasteiger partial charge in [0.2, 0.25) is 5.91 Å². The van der Waals surface area contributed by atoms with E-state index in [9.17, 15) is 9.59 Å². The molecule has 1 heterocycles. The Hall–Kier alpha value is -3.15. The topological polar surface area (TPSA) is 86.9 Å². The Morgan fingerprint density at radius 1 is 1.04 bits per heavy atom. The van der Waals surface area contributed by atoms with Crippen molar-refractivity contribution in [3.05, 3.63) is 70.5 Å². The molecule has 138 valence electrons. The van der Waals surface area contributed by atoms with Crippen LogP contribution >= 0.6 is 0 Å². The number of fused-ring (bicyclic) bond motifs is 1. The highest BCUT2D eigenvalue weighted by atomic mass is 16.2. The van der Waals surface area contributed by atoms with E-state index < -0.39 is 0 Å². The molecule has 1 saturated carbocycles. The zero-order chi connectivity index (χ0) is 18.6. The van der Waals surface area contributed by atoms with Gasteiger partial charge in [0, 0.05) is 24.4 Å². The zero-order valence-electron chi connectivity index (χ0n) is 14.9. The average molecular weight is 362 g/mol. The minimum Gasteiger partial charge on any atom is -0.368 e. The summed E-state index contributed by atoms with van der Waals surface area (Å²) in [5.41, 5.74) is 1.05. The van der Waals surface area contributed by atoms with Gasteiger partial charge in [-0.15, -0.1) is 0 Å². The molecule has 6 heteroatoms. The van der Waals surface area contributed by atoms with Crippen LogP contribution in [0.15, 0.2) is 59.4 Å². The van der Waals surface area contributed by atoms with Gasteiger partial charge in [-0.3, -0.25) is 9.59 Å². The van der Waals surface area contributed by atoms with Crippen LogP contribution in [0.25, 0.3) is 10.8 Å². The summed E-state index contributed by atoms with van der Waals surface area (Å²) in [5, 5.41) is 14.3. The quantitative estimate of drug-likeness (QED) is 0.564. The van der Waals surface area contributed by atoms with Gasteiger partial charge in [0.25, 0.3) is 5.56 Å². The molecule has 0 bridgehead atoms. The number of rotatable bonds is 7. The number of aromatic nitrogens is 2. The first-order valence-electron chi connectivity index (χ1n) is 9.28. The Morgan fingerprint density at radius 3 is 2.59 bits per heavy atom. The molecule has 2 aromatic carbocycles. The third-order valence-electron chi connectivity index (χ3n) is 5.00. The first kappa shape index (κ1) is 17.3. The maximum atomic E-state index is 12.3. The van der Waals surface area contributed by atoms with Gasteiger partial charge in [-0.1, -0.05) is 48.5 Å². The maximum absolute atomic E-state index is 12.3. The van der Waals surface area contributed by atoms with Crippen molar-refractivity contribution >= 4 is 22.5 Å². The number of hydrogen-bond acceptors (Lipinski definition) is 4. The molecular formula is C21H22N4O2. The number of benzene rings is 2. The molecule has 1 aliphatic carbocycles. The predicted octanol–water partition coefficient (Wildman–Crippen LogP) is 2.65. The standard InChI is InChI=1S/C21H22N4O2/c26-20(18-13-17(18)14-7-2-1-3-8-14)23-12-6-11-22-19-15-9-4-5-10-16(15)21(27)25-24-19/h1-5,7-10,17-18H,6,11-13H2,(H,22,24)(H,23,26)(H,25,27)/t17-,18-/m1/s1. The monoisotopic (exact) mass is 362 g/mol. The van der Waals surface area contributed by atoms with E-state index in [1.54, 1.807) is 6.07 Å².